The summed E-state index contributed by atoms with van der Waals surface area (Å²) in [6, 6.07) is 16.5. The van der Waals surface area contributed by atoms with Crippen molar-refractivity contribution in [3.63, 3.8) is 0 Å². The van der Waals surface area contributed by atoms with E-state index in [1.54, 1.807) is 18.1 Å². The molecule has 0 aliphatic heterocycles. The number of carbonyl (C=O) groups is 2. The molecule has 1 atom stereocenters. The van der Waals surface area contributed by atoms with Gasteiger partial charge in [-0.3, -0.25) is 9.59 Å². The number of aromatic nitrogens is 1. The maximum absolute atomic E-state index is 13.1. The van der Waals surface area contributed by atoms with Gasteiger partial charge in [0.2, 0.25) is 0 Å². The number of nitrogens with zero attached hydrogens (tertiary/aromatic N) is 2. The predicted molar refractivity (Wildman–Crippen MR) is 121 cm³/mol. The van der Waals surface area contributed by atoms with Gasteiger partial charge in [-0.15, -0.1) is 0 Å². The van der Waals surface area contributed by atoms with Gasteiger partial charge in [0.1, 0.15) is 5.75 Å². The van der Waals surface area contributed by atoms with Gasteiger partial charge in [0.15, 0.2) is 11.5 Å². The average Bonchev–Trinajstić information content (AvgIpc) is 3.29. The van der Waals surface area contributed by atoms with E-state index in [4.69, 9.17) is 9.26 Å². The predicted octanol–water partition coefficient (Wildman–Crippen LogP) is 4.36. The molecule has 7 nitrogen and oxygen atoms in total. The van der Waals surface area contributed by atoms with Gasteiger partial charge in [-0.1, -0.05) is 41.9 Å². The third-order valence-electron chi connectivity index (χ3n) is 5.41. The fourth-order valence-electron chi connectivity index (χ4n) is 3.19. The first-order valence-electron chi connectivity index (χ1n) is 10.7. The van der Waals surface area contributed by atoms with E-state index in [2.05, 4.69) is 10.5 Å². The topological polar surface area (TPSA) is 84.7 Å². The Bertz CT molecular complexity index is 1040. The molecular formula is C25H29N3O4. The molecule has 2 aromatic carbocycles. The number of aryl methyl sites for hydroxylation is 1. The molecule has 0 aliphatic carbocycles. The first kappa shape index (κ1) is 23.1. The lowest BCUT2D eigenvalue weighted by atomic mass is 10.1. The second kappa shape index (κ2) is 10.6. The number of hydrogen-bond donors (Lipinski definition) is 1. The van der Waals surface area contributed by atoms with Gasteiger partial charge in [-0.25, -0.2) is 0 Å². The molecule has 0 aliphatic rings. The van der Waals surface area contributed by atoms with Crippen molar-refractivity contribution >= 4 is 11.8 Å². The van der Waals surface area contributed by atoms with E-state index in [0.717, 1.165) is 23.3 Å². The van der Waals surface area contributed by atoms with E-state index in [1.165, 1.54) is 0 Å². The van der Waals surface area contributed by atoms with Crippen LogP contribution in [-0.2, 0) is 13.1 Å². The van der Waals surface area contributed by atoms with Gasteiger partial charge >= 0.3 is 0 Å². The fraction of sp³-hybridized carbons (Fsp3) is 0.320. The van der Waals surface area contributed by atoms with Crippen LogP contribution in [0.25, 0.3) is 0 Å². The van der Waals surface area contributed by atoms with Crippen molar-refractivity contribution in [2.45, 2.75) is 46.3 Å². The normalized spacial score (nSPS) is 11.6. The minimum atomic E-state index is -0.337. The molecular weight excluding hydrogens is 406 g/mol. The van der Waals surface area contributed by atoms with Crippen molar-refractivity contribution < 1.29 is 18.8 Å². The molecule has 0 spiro atoms. The molecule has 32 heavy (non-hydrogen) atoms. The molecule has 1 heterocycles. The van der Waals surface area contributed by atoms with E-state index in [1.807, 2.05) is 69.3 Å². The lowest BCUT2D eigenvalue weighted by Crippen LogP contribution is -2.37. The van der Waals surface area contributed by atoms with E-state index < -0.39 is 0 Å². The molecule has 168 valence electrons. The highest BCUT2D eigenvalue weighted by atomic mass is 16.5. The second-order valence-corrected chi connectivity index (χ2v) is 7.77. The summed E-state index contributed by atoms with van der Waals surface area (Å²) < 4.78 is 10.5. The number of hydrogen-bond acceptors (Lipinski definition) is 5. The first-order valence-corrected chi connectivity index (χ1v) is 10.7. The Balaban J connectivity index is 1.65. The van der Waals surface area contributed by atoms with E-state index in [9.17, 15) is 9.59 Å². The monoisotopic (exact) mass is 435 g/mol. The van der Waals surface area contributed by atoms with Gasteiger partial charge in [-0.2, -0.15) is 0 Å². The Morgan fingerprint density at radius 3 is 2.44 bits per heavy atom. The van der Waals surface area contributed by atoms with Crippen LogP contribution in [0.1, 0.15) is 58.0 Å². The average molecular weight is 436 g/mol. The number of rotatable bonds is 9. The summed E-state index contributed by atoms with van der Waals surface area (Å²) in [5.41, 5.74) is 2.83. The molecule has 1 aromatic heterocycles. The summed E-state index contributed by atoms with van der Waals surface area (Å²) in [5, 5.41) is 6.72. The Morgan fingerprint density at radius 2 is 1.81 bits per heavy atom. The summed E-state index contributed by atoms with van der Waals surface area (Å²) in [4.78, 5) is 27.3. The Morgan fingerprint density at radius 1 is 1.12 bits per heavy atom. The number of nitrogens with one attached hydrogen (secondary N) is 1. The van der Waals surface area contributed by atoms with Crippen LogP contribution in [0.3, 0.4) is 0 Å². The standard InChI is InChI=1S/C25H29N3O4/c1-5-18(3)28(25(30)20-10-6-17(2)7-11-20)16-22-14-23(27-32-22)24(29)26-15-19-8-12-21(31-4)13-9-19/h6-14,18H,5,15-16H2,1-4H3,(H,26,29). The zero-order valence-corrected chi connectivity index (χ0v) is 18.9. The molecule has 3 rings (SSSR count). The quantitative estimate of drug-likeness (QED) is 0.540. The Hall–Kier alpha value is -3.61. The number of ether oxygens (including phenoxy) is 1. The van der Waals surface area contributed by atoms with Crippen molar-refractivity contribution in [3.8, 4) is 5.75 Å². The smallest absolute Gasteiger partial charge is 0.273 e. The van der Waals surface area contributed by atoms with Crippen molar-refractivity contribution in [2.24, 2.45) is 0 Å². The minimum absolute atomic E-state index is 0.00116. The van der Waals surface area contributed by atoms with E-state index in [0.29, 0.717) is 17.9 Å². The van der Waals surface area contributed by atoms with Gasteiger partial charge in [0.05, 0.1) is 13.7 Å². The number of amides is 2. The Kier molecular flexibility index (Phi) is 7.65. The molecule has 2 amide bonds. The van der Waals surface area contributed by atoms with Crippen LogP contribution >= 0.6 is 0 Å². The van der Waals surface area contributed by atoms with Crippen LogP contribution in [-0.4, -0.2) is 35.0 Å². The third-order valence-corrected chi connectivity index (χ3v) is 5.41. The molecule has 0 saturated heterocycles. The molecule has 0 saturated carbocycles. The van der Waals surface area contributed by atoms with Crippen LogP contribution in [0.4, 0.5) is 0 Å². The van der Waals surface area contributed by atoms with Crippen LogP contribution in [0.2, 0.25) is 0 Å². The van der Waals surface area contributed by atoms with Crippen molar-refractivity contribution in [3.05, 3.63) is 82.7 Å². The van der Waals surface area contributed by atoms with Crippen molar-refractivity contribution in [1.82, 2.24) is 15.4 Å². The second-order valence-electron chi connectivity index (χ2n) is 7.77. The fourth-order valence-corrected chi connectivity index (χ4v) is 3.19. The highest BCUT2D eigenvalue weighted by Crippen LogP contribution is 2.17. The number of benzene rings is 2. The third kappa shape index (κ3) is 5.75. The van der Waals surface area contributed by atoms with Gasteiger partial charge < -0.3 is 19.5 Å². The summed E-state index contributed by atoms with van der Waals surface area (Å²) in [5.74, 6) is 0.796. The zero-order chi connectivity index (χ0) is 23.1. The van der Waals surface area contributed by atoms with Crippen LogP contribution in [0, 0.1) is 6.92 Å². The SMILES string of the molecule is CCC(C)N(Cc1cc(C(=O)NCc2ccc(OC)cc2)no1)C(=O)c1ccc(C)cc1. The molecule has 7 heteroatoms. The van der Waals surface area contributed by atoms with Crippen LogP contribution in [0.15, 0.2) is 59.1 Å². The number of carbonyl (C=O) groups excluding carboxylic acids is 2. The maximum atomic E-state index is 13.1. The lowest BCUT2D eigenvalue weighted by Gasteiger charge is -2.27. The van der Waals surface area contributed by atoms with E-state index in [-0.39, 0.29) is 30.1 Å². The van der Waals surface area contributed by atoms with Crippen LogP contribution < -0.4 is 10.1 Å². The zero-order valence-electron chi connectivity index (χ0n) is 18.9. The van der Waals surface area contributed by atoms with Crippen molar-refractivity contribution in [1.29, 1.82) is 0 Å². The summed E-state index contributed by atoms with van der Waals surface area (Å²) in [6.45, 7) is 6.59. The Labute approximate surface area is 188 Å². The molecule has 0 radical (unpaired) electrons. The highest BCUT2D eigenvalue weighted by molar-refractivity contribution is 5.94. The van der Waals surface area contributed by atoms with E-state index >= 15 is 0 Å². The first-order chi connectivity index (χ1) is 15.4. The minimum Gasteiger partial charge on any atom is -0.497 e. The summed E-state index contributed by atoms with van der Waals surface area (Å²) in [7, 11) is 1.61. The maximum Gasteiger partial charge on any atom is 0.273 e. The molecule has 0 fully saturated rings. The number of methoxy groups -OCH3 is 1. The largest absolute Gasteiger partial charge is 0.497 e. The van der Waals surface area contributed by atoms with Crippen molar-refractivity contribution in [2.75, 3.05) is 7.11 Å². The molecule has 3 aromatic rings. The lowest BCUT2D eigenvalue weighted by molar-refractivity contribution is 0.0651. The van der Waals surface area contributed by atoms with Gasteiger partial charge in [-0.05, 0) is 50.1 Å². The molecule has 1 N–H and O–H groups in total. The highest BCUT2D eigenvalue weighted by Gasteiger charge is 2.23. The van der Waals surface area contributed by atoms with Gasteiger partial charge in [0, 0.05) is 24.2 Å². The molecule has 1 unspecified atom stereocenters. The summed E-state index contributed by atoms with van der Waals surface area (Å²) in [6.07, 6.45) is 0.793. The van der Waals surface area contributed by atoms with Gasteiger partial charge in [0.25, 0.3) is 11.8 Å². The van der Waals surface area contributed by atoms with Crippen LogP contribution in [0.5, 0.6) is 5.75 Å². The molecule has 0 bridgehead atoms. The summed E-state index contributed by atoms with van der Waals surface area (Å²) >= 11 is 0.